The molecule has 24 heavy (non-hydrogen) atoms. The van der Waals surface area contributed by atoms with Gasteiger partial charge in [0.2, 0.25) is 6.10 Å². The van der Waals surface area contributed by atoms with Gasteiger partial charge in [-0.15, -0.1) is 0 Å². The maximum absolute atomic E-state index is 13.3. The average molecular weight is 359 g/mol. The Morgan fingerprint density at radius 3 is 2.67 bits per heavy atom. The molecule has 2 rings (SSSR count). The molecule has 0 bridgehead atoms. The zero-order valence-corrected chi connectivity index (χ0v) is 13.7. The first-order chi connectivity index (χ1) is 11.3. The van der Waals surface area contributed by atoms with E-state index in [2.05, 4.69) is 11.8 Å². The lowest BCUT2D eigenvalue weighted by atomic mass is 9.98. The SMILES string of the molecule is CCC#Cc1cc(Cl)cc2c1OC(C(F)(F)F)C(C(=O)OCC)=C2. The van der Waals surface area contributed by atoms with E-state index in [9.17, 15) is 18.0 Å². The first-order valence-corrected chi connectivity index (χ1v) is 7.60. The number of hydrogen-bond acceptors (Lipinski definition) is 3. The van der Waals surface area contributed by atoms with E-state index in [0.29, 0.717) is 6.42 Å². The summed E-state index contributed by atoms with van der Waals surface area (Å²) in [5, 5.41) is 0.280. The minimum absolute atomic E-state index is 0.0453. The second-order valence-corrected chi connectivity index (χ2v) is 5.32. The van der Waals surface area contributed by atoms with Crippen molar-refractivity contribution in [3.8, 4) is 17.6 Å². The van der Waals surface area contributed by atoms with Crippen molar-refractivity contribution in [3.05, 3.63) is 33.9 Å². The summed E-state index contributed by atoms with van der Waals surface area (Å²) in [6.45, 7) is 3.27. The zero-order chi connectivity index (χ0) is 17.9. The Morgan fingerprint density at radius 1 is 1.38 bits per heavy atom. The van der Waals surface area contributed by atoms with Crippen LogP contribution in [0.15, 0.2) is 17.7 Å². The summed E-state index contributed by atoms with van der Waals surface area (Å²) in [5.74, 6) is 4.38. The zero-order valence-electron chi connectivity index (χ0n) is 13.0. The minimum atomic E-state index is -4.77. The van der Waals surface area contributed by atoms with Crippen LogP contribution in [-0.2, 0) is 9.53 Å². The largest absolute Gasteiger partial charge is 0.474 e. The summed E-state index contributed by atoms with van der Waals surface area (Å²) in [6.07, 6.45) is -5.57. The normalized spacial score (nSPS) is 16.2. The number of carbonyl (C=O) groups is 1. The summed E-state index contributed by atoms with van der Waals surface area (Å²) in [5.41, 5.74) is -0.118. The number of fused-ring (bicyclic) bond motifs is 1. The fourth-order valence-corrected chi connectivity index (χ4v) is 2.40. The fourth-order valence-electron chi connectivity index (χ4n) is 2.18. The van der Waals surface area contributed by atoms with Gasteiger partial charge >= 0.3 is 12.1 Å². The second kappa shape index (κ2) is 7.18. The smallest absolute Gasteiger partial charge is 0.430 e. The van der Waals surface area contributed by atoms with Crippen molar-refractivity contribution in [1.29, 1.82) is 0 Å². The third-order valence-corrected chi connectivity index (χ3v) is 3.34. The monoisotopic (exact) mass is 358 g/mol. The molecule has 0 aliphatic carbocycles. The van der Waals surface area contributed by atoms with Crippen LogP contribution in [0.3, 0.4) is 0 Å². The first-order valence-electron chi connectivity index (χ1n) is 7.22. The van der Waals surface area contributed by atoms with Gasteiger partial charge in [0.05, 0.1) is 17.7 Å². The van der Waals surface area contributed by atoms with Gasteiger partial charge in [-0.2, -0.15) is 13.2 Å². The summed E-state index contributed by atoms with van der Waals surface area (Å²) >= 11 is 5.98. The van der Waals surface area contributed by atoms with Crippen LogP contribution in [0.5, 0.6) is 5.75 Å². The van der Waals surface area contributed by atoms with Gasteiger partial charge in [-0.1, -0.05) is 30.4 Å². The summed E-state index contributed by atoms with van der Waals surface area (Å²) < 4.78 is 49.7. The highest BCUT2D eigenvalue weighted by Crippen LogP contribution is 2.40. The van der Waals surface area contributed by atoms with Crippen LogP contribution in [-0.4, -0.2) is 24.9 Å². The van der Waals surface area contributed by atoms with Crippen LogP contribution in [0, 0.1) is 11.8 Å². The van der Waals surface area contributed by atoms with E-state index in [1.165, 1.54) is 19.1 Å². The molecule has 1 heterocycles. The number of halogens is 4. The van der Waals surface area contributed by atoms with Gasteiger partial charge in [0.15, 0.2) is 0 Å². The molecule has 0 amide bonds. The molecule has 7 heteroatoms. The number of ether oxygens (including phenoxy) is 2. The predicted octanol–water partition coefficient (Wildman–Crippen LogP) is 4.37. The molecule has 0 radical (unpaired) electrons. The fraction of sp³-hybridized carbons (Fsp3) is 0.353. The molecule has 1 aliphatic rings. The molecule has 0 aromatic heterocycles. The first kappa shape index (κ1) is 18.2. The van der Waals surface area contributed by atoms with Gasteiger partial charge in [-0.3, -0.25) is 0 Å². The maximum atomic E-state index is 13.3. The molecule has 1 aromatic carbocycles. The lowest BCUT2D eigenvalue weighted by Crippen LogP contribution is -2.41. The van der Waals surface area contributed by atoms with Crippen LogP contribution in [0.1, 0.15) is 31.4 Å². The molecule has 0 fully saturated rings. The molecule has 0 N–H and O–H groups in total. The maximum Gasteiger partial charge on any atom is 0.430 e. The molecule has 128 valence electrons. The summed E-state index contributed by atoms with van der Waals surface area (Å²) in [6, 6.07) is 2.85. The third-order valence-electron chi connectivity index (χ3n) is 3.12. The third kappa shape index (κ3) is 3.85. The predicted molar refractivity (Wildman–Crippen MR) is 83.7 cm³/mol. The lowest BCUT2D eigenvalue weighted by Gasteiger charge is -2.28. The Labute approximate surface area is 142 Å². The van der Waals surface area contributed by atoms with Gasteiger partial charge in [0, 0.05) is 17.0 Å². The molecular weight excluding hydrogens is 345 g/mol. The summed E-state index contributed by atoms with van der Waals surface area (Å²) in [4.78, 5) is 11.9. The number of rotatable bonds is 2. The van der Waals surface area contributed by atoms with Crippen LogP contribution in [0.2, 0.25) is 5.02 Å². The number of carbonyl (C=O) groups excluding carboxylic acids is 1. The van der Waals surface area contributed by atoms with Crippen molar-refractivity contribution in [1.82, 2.24) is 0 Å². The minimum Gasteiger partial charge on any atom is -0.474 e. The van der Waals surface area contributed by atoms with E-state index in [1.54, 1.807) is 0 Å². The quantitative estimate of drug-likeness (QED) is 0.581. The van der Waals surface area contributed by atoms with Crippen molar-refractivity contribution in [2.45, 2.75) is 32.5 Å². The van der Waals surface area contributed by atoms with E-state index in [4.69, 9.17) is 21.1 Å². The number of esters is 1. The molecule has 3 nitrogen and oxygen atoms in total. The molecular formula is C17H14ClF3O3. The Morgan fingerprint density at radius 2 is 2.08 bits per heavy atom. The Kier molecular flexibility index (Phi) is 5.45. The highest BCUT2D eigenvalue weighted by Gasteiger charge is 2.49. The highest BCUT2D eigenvalue weighted by atomic mass is 35.5. The van der Waals surface area contributed by atoms with Crippen molar-refractivity contribution in [2.75, 3.05) is 6.61 Å². The Hall–Kier alpha value is -2.13. The molecule has 1 aliphatic heterocycles. The number of alkyl halides is 3. The average Bonchev–Trinajstić information content (AvgIpc) is 2.50. The van der Waals surface area contributed by atoms with Crippen molar-refractivity contribution in [2.24, 2.45) is 0 Å². The number of benzene rings is 1. The molecule has 0 spiro atoms. The van der Waals surface area contributed by atoms with Crippen LogP contribution >= 0.6 is 11.6 Å². The second-order valence-electron chi connectivity index (χ2n) is 4.89. The molecule has 0 saturated heterocycles. The molecule has 1 unspecified atom stereocenters. The van der Waals surface area contributed by atoms with Gasteiger partial charge < -0.3 is 9.47 Å². The highest BCUT2D eigenvalue weighted by molar-refractivity contribution is 6.31. The van der Waals surface area contributed by atoms with Crippen molar-refractivity contribution < 1.29 is 27.4 Å². The topological polar surface area (TPSA) is 35.5 Å². The molecule has 1 aromatic rings. The Balaban J connectivity index is 2.61. The van der Waals surface area contributed by atoms with Crippen molar-refractivity contribution >= 4 is 23.6 Å². The lowest BCUT2D eigenvalue weighted by molar-refractivity contribution is -0.187. The summed E-state index contributed by atoms with van der Waals surface area (Å²) in [7, 11) is 0. The van der Waals surface area contributed by atoms with Gasteiger partial charge in [-0.25, -0.2) is 4.79 Å². The number of hydrogen-bond donors (Lipinski definition) is 0. The van der Waals surface area contributed by atoms with E-state index >= 15 is 0 Å². The van der Waals surface area contributed by atoms with Gasteiger partial charge in [-0.05, 0) is 25.1 Å². The van der Waals surface area contributed by atoms with E-state index in [1.807, 2.05) is 6.92 Å². The Bertz CT molecular complexity index is 742. The van der Waals surface area contributed by atoms with Gasteiger partial charge in [0.25, 0.3) is 0 Å². The van der Waals surface area contributed by atoms with E-state index < -0.39 is 23.8 Å². The van der Waals surface area contributed by atoms with Crippen LogP contribution in [0.4, 0.5) is 13.2 Å². The van der Waals surface area contributed by atoms with Crippen LogP contribution < -0.4 is 4.74 Å². The van der Waals surface area contributed by atoms with E-state index in [0.717, 1.165) is 6.08 Å². The molecule has 1 atom stereocenters. The van der Waals surface area contributed by atoms with E-state index in [-0.39, 0.29) is 28.5 Å². The van der Waals surface area contributed by atoms with Crippen LogP contribution in [0.25, 0.3) is 6.08 Å². The molecule has 0 saturated carbocycles. The van der Waals surface area contributed by atoms with Gasteiger partial charge in [0.1, 0.15) is 5.75 Å². The standard InChI is InChI=1S/C17H14ClF3O3/c1-3-5-6-10-7-12(18)8-11-9-13(16(22)23-4-2)15(17(19,20)21)24-14(10)11/h7-9,15H,3-4H2,1-2H3. The van der Waals surface area contributed by atoms with Crippen molar-refractivity contribution in [3.63, 3.8) is 0 Å².